The first-order valence-electron chi connectivity index (χ1n) is 2.62. The van der Waals surface area contributed by atoms with Crippen LogP contribution < -0.4 is 0 Å². The van der Waals surface area contributed by atoms with Crippen molar-refractivity contribution in [3.63, 3.8) is 0 Å². The maximum Gasteiger partial charge on any atom is 0.329 e. The third kappa shape index (κ3) is 40.7. The van der Waals surface area contributed by atoms with E-state index in [1.807, 2.05) is 6.08 Å². The zero-order valence-corrected chi connectivity index (χ0v) is 5.50. The molecule has 0 atom stereocenters. The molecule has 3 nitrogen and oxygen atoms in total. The summed E-state index contributed by atoms with van der Waals surface area (Å²) in [6.45, 7) is 4.76. The van der Waals surface area contributed by atoms with Crippen LogP contribution in [0.15, 0.2) is 12.7 Å². The van der Waals surface area contributed by atoms with Gasteiger partial charge in [-0.3, -0.25) is 0 Å². The van der Waals surface area contributed by atoms with Crippen LogP contribution in [-0.4, -0.2) is 22.8 Å². The minimum Gasteiger partial charge on any atom is -0.480 e. The lowest BCUT2D eigenvalue weighted by molar-refractivity contribution is -0.140. The predicted molar refractivity (Wildman–Crippen MR) is 35.2 cm³/mol. The van der Waals surface area contributed by atoms with Crippen molar-refractivity contribution in [2.45, 2.75) is 13.3 Å². The summed E-state index contributed by atoms with van der Waals surface area (Å²) in [6, 6.07) is 0. The smallest absolute Gasteiger partial charge is 0.329 e. The highest BCUT2D eigenvalue weighted by atomic mass is 16.4. The molecule has 0 saturated carbocycles. The number of allylic oxidation sites excluding steroid dienone is 1. The molecule has 0 saturated heterocycles. The molecule has 0 fully saturated rings. The van der Waals surface area contributed by atoms with Gasteiger partial charge in [0.1, 0.15) is 6.61 Å². The van der Waals surface area contributed by atoms with Crippen LogP contribution in [0.5, 0.6) is 0 Å². The molecule has 0 unspecified atom stereocenters. The summed E-state index contributed by atoms with van der Waals surface area (Å²) in [5.74, 6) is -1.19. The molecule has 0 aromatic heterocycles. The highest BCUT2D eigenvalue weighted by molar-refractivity contribution is 5.67. The molecule has 0 aromatic carbocycles. The van der Waals surface area contributed by atoms with E-state index in [2.05, 4.69) is 13.5 Å². The van der Waals surface area contributed by atoms with Gasteiger partial charge in [-0.25, -0.2) is 4.79 Å². The molecular formula is C6H12O3. The Balaban J connectivity index is 0. The van der Waals surface area contributed by atoms with Gasteiger partial charge in [-0.15, -0.1) is 6.58 Å². The maximum atomic E-state index is 9.12. The van der Waals surface area contributed by atoms with E-state index in [9.17, 15) is 0 Å². The van der Waals surface area contributed by atoms with Gasteiger partial charge in [0, 0.05) is 0 Å². The van der Waals surface area contributed by atoms with Gasteiger partial charge >= 0.3 is 5.97 Å². The third-order valence-electron chi connectivity index (χ3n) is 0.424. The van der Waals surface area contributed by atoms with Crippen molar-refractivity contribution >= 4 is 5.97 Å². The number of carboxylic acids is 1. The number of carboxylic acid groups (broad SMARTS) is 1. The normalized spacial score (nSPS) is 6.89. The highest BCUT2D eigenvalue weighted by Crippen LogP contribution is 1.66. The number of hydrogen-bond donors (Lipinski definition) is 2. The van der Waals surface area contributed by atoms with Gasteiger partial charge in [-0.1, -0.05) is 13.0 Å². The molecule has 3 heteroatoms. The summed E-state index contributed by atoms with van der Waals surface area (Å²) in [7, 11) is 0. The Hall–Kier alpha value is -0.830. The molecule has 2 N–H and O–H groups in total. The van der Waals surface area contributed by atoms with Crippen LogP contribution in [0.4, 0.5) is 0 Å². The molecule has 0 aliphatic heterocycles. The second kappa shape index (κ2) is 10.2. The molecule has 0 aliphatic carbocycles. The fraction of sp³-hybridized carbons (Fsp3) is 0.500. The minimum absolute atomic E-state index is 0.778. The van der Waals surface area contributed by atoms with Gasteiger partial charge in [0.25, 0.3) is 0 Å². The number of aliphatic hydroxyl groups excluding tert-OH is 1. The molecule has 9 heavy (non-hydrogen) atoms. The summed E-state index contributed by atoms with van der Waals surface area (Å²) in [5.41, 5.74) is 0. The number of carbonyl (C=O) groups is 1. The molecule has 0 aliphatic rings. The number of aliphatic hydroxyl groups is 1. The van der Waals surface area contributed by atoms with Crippen molar-refractivity contribution in [2.75, 3.05) is 6.61 Å². The molecule has 0 rings (SSSR count). The van der Waals surface area contributed by atoms with Crippen LogP contribution in [0.1, 0.15) is 13.3 Å². The first-order valence-corrected chi connectivity index (χ1v) is 2.62. The Kier molecular flexibility index (Phi) is 12.5. The van der Waals surface area contributed by atoms with Crippen molar-refractivity contribution in [2.24, 2.45) is 0 Å². The van der Waals surface area contributed by atoms with Crippen LogP contribution in [0, 0.1) is 0 Å². The summed E-state index contributed by atoms with van der Waals surface area (Å²) in [5, 5.41) is 15.0. The van der Waals surface area contributed by atoms with Crippen molar-refractivity contribution in [3.05, 3.63) is 12.7 Å². The fourth-order valence-electron chi connectivity index (χ4n) is 0. The van der Waals surface area contributed by atoms with Crippen LogP contribution in [0.2, 0.25) is 0 Å². The number of aliphatic carboxylic acids is 1. The first-order chi connectivity index (χ1) is 4.18. The van der Waals surface area contributed by atoms with Crippen LogP contribution in [0.3, 0.4) is 0 Å². The van der Waals surface area contributed by atoms with Gasteiger partial charge in [0.2, 0.25) is 0 Å². The molecule has 0 aromatic rings. The summed E-state index contributed by atoms with van der Waals surface area (Å²) in [4.78, 5) is 9.12. The maximum absolute atomic E-state index is 9.12. The molecule has 0 heterocycles. The van der Waals surface area contributed by atoms with E-state index in [0.29, 0.717) is 0 Å². The molecule has 0 radical (unpaired) electrons. The lowest BCUT2D eigenvalue weighted by atomic mass is 10.5. The first kappa shape index (κ1) is 11.0. The Morgan fingerprint density at radius 3 is 2.00 bits per heavy atom. The monoisotopic (exact) mass is 132 g/mol. The van der Waals surface area contributed by atoms with Crippen molar-refractivity contribution in [3.8, 4) is 0 Å². The largest absolute Gasteiger partial charge is 0.480 e. The van der Waals surface area contributed by atoms with Crippen molar-refractivity contribution < 1.29 is 15.0 Å². The summed E-state index contributed by atoms with van der Waals surface area (Å²) >= 11 is 0. The van der Waals surface area contributed by atoms with Crippen molar-refractivity contribution in [1.29, 1.82) is 0 Å². The summed E-state index contributed by atoms with van der Waals surface area (Å²) in [6.07, 6.45) is 2.96. The van der Waals surface area contributed by atoms with Crippen molar-refractivity contribution in [1.82, 2.24) is 0 Å². The topological polar surface area (TPSA) is 57.5 Å². The lowest BCUT2D eigenvalue weighted by Gasteiger charge is -1.72. The zero-order valence-electron chi connectivity index (χ0n) is 5.50. The van der Waals surface area contributed by atoms with Crippen LogP contribution in [0.25, 0.3) is 0 Å². The molecule has 0 amide bonds. The quantitative estimate of drug-likeness (QED) is 0.542. The van der Waals surface area contributed by atoms with E-state index >= 15 is 0 Å². The van der Waals surface area contributed by atoms with Crippen LogP contribution in [-0.2, 0) is 4.79 Å². The van der Waals surface area contributed by atoms with E-state index < -0.39 is 12.6 Å². The van der Waals surface area contributed by atoms with E-state index in [4.69, 9.17) is 15.0 Å². The van der Waals surface area contributed by atoms with Gasteiger partial charge in [0.15, 0.2) is 0 Å². The second-order valence-electron chi connectivity index (χ2n) is 1.25. The lowest BCUT2D eigenvalue weighted by Crippen LogP contribution is -1.98. The van der Waals surface area contributed by atoms with Gasteiger partial charge in [-0.05, 0) is 6.42 Å². The van der Waals surface area contributed by atoms with E-state index in [1.165, 1.54) is 0 Å². The van der Waals surface area contributed by atoms with E-state index in [1.54, 1.807) is 0 Å². The molecule has 0 bridgehead atoms. The molecular weight excluding hydrogens is 120 g/mol. The average molecular weight is 132 g/mol. The van der Waals surface area contributed by atoms with E-state index in [0.717, 1.165) is 6.42 Å². The van der Waals surface area contributed by atoms with Gasteiger partial charge < -0.3 is 10.2 Å². The van der Waals surface area contributed by atoms with E-state index in [-0.39, 0.29) is 0 Å². The SMILES string of the molecule is C=CCC.O=C(O)CO. The van der Waals surface area contributed by atoms with Gasteiger partial charge in [-0.2, -0.15) is 0 Å². The van der Waals surface area contributed by atoms with Gasteiger partial charge in [0.05, 0.1) is 0 Å². The number of hydrogen-bond acceptors (Lipinski definition) is 2. The number of rotatable bonds is 2. The Morgan fingerprint density at radius 2 is 2.00 bits per heavy atom. The van der Waals surface area contributed by atoms with Crippen LogP contribution >= 0.6 is 0 Å². The fourth-order valence-corrected chi connectivity index (χ4v) is 0. The third-order valence-corrected chi connectivity index (χ3v) is 0.424. The molecule has 54 valence electrons. The Bertz CT molecular complexity index is 78.4. The zero-order chi connectivity index (χ0) is 7.70. The Labute approximate surface area is 54.6 Å². The molecule has 0 spiro atoms. The standard InChI is InChI=1S/C4H8.C2H4O3/c1-3-4-2;3-1-2(4)5/h3H,1,4H2,2H3;3H,1H2,(H,4,5). The highest BCUT2D eigenvalue weighted by Gasteiger charge is 1.82. The summed E-state index contributed by atoms with van der Waals surface area (Å²) < 4.78 is 0. The average Bonchev–Trinajstić information content (AvgIpc) is 1.89. The Morgan fingerprint density at radius 1 is 1.78 bits per heavy atom. The second-order valence-corrected chi connectivity index (χ2v) is 1.25. The minimum atomic E-state index is -1.19. The predicted octanol–water partition coefficient (Wildman–Crippen LogP) is 0.646.